The summed E-state index contributed by atoms with van der Waals surface area (Å²) < 4.78 is 0. The van der Waals surface area contributed by atoms with Crippen molar-refractivity contribution >= 4 is 17.1 Å². The van der Waals surface area contributed by atoms with Crippen LogP contribution in [0.2, 0.25) is 0 Å². The molecule has 2 rings (SSSR count). The van der Waals surface area contributed by atoms with Crippen LogP contribution >= 0.6 is 0 Å². The van der Waals surface area contributed by atoms with E-state index in [1.54, 1.807) is 6.07 Å². The van der Waals surface area contributed by atoms with Gasteiger partial charge in [0.2, 0.25) is 0 Å². The minimum absolute atomic E-state index is 0.0712. The van der Waals surface area contributed by atoms with Crippen molar-refractivity contribution in [2.75, 3.05) is 56.6 Å². The number of benzene rings is 1. The number of nitrogens with zero attached hydrogens (tertiary/aromatic N) is 2. The van der Waals surface area contributed by atoms with E-state index in [-0.39, 0.29) is 17.2 Å². The highest BCUT2D eigenvalue weighted by Gasteiger charge is 2.20. The quantitative estimate of drug-likeness (QED) is 0.382. The molecule has 1 aromatic carbocycles. The second-order valence-corrected chi connectivity index (χ2v) is 5.41. The zero-order valence-corrected chi connectivity index (χ0v) is 12.3. The van der Waals surface area contributed by atoms with Crippen LogP contribution in [0.1, 0.15) is 6.42 Å². The molecule has 0 aromatic heterocycles. The molecule has 0 spiro atoms. The molecule has 21 heavy (non-hydrogen) atoms. The van der Waals surface area contributed by atoms with Gasteiger partial charge in [-0.3, -0.25) is 10.1 Å². The van der Waals surface area contributed by atoms with Crippen molar-refractivity contribution in [2.45, 2.75) is 6.42 Å². The van der Waals surface area contributed by atoms with Gasteiger partial charge < -0.3 is 20.2 Å². The number of likely N-dealkylation sites (N-methyl/N-ethyl adjacent to an activating group) is 1. The van der Waals surface area contributed by atoms with Crippen LogP contribution in [-0.2, 0) is 0 Å². The number of nitrogens with one attached hydrogen (secondary N) is 2. The Morgan fingerprint density at radius 2 is 2.14 bits per heavy atom. The second-order valence-electron chi connectivity index (χ2n) is 5.41. The van der Waals surface area contributed by atoms with Crippen LogP contribution in [0, 0.1) is 10.1 Å². The number of nitro benzene ring substituents is 1. The average molecular weight is 295 g/mol. The lowest BCUT2D eigenvalue weighted by molar-refractivity contribution is -0.880. The Balaban J connectivity index is 2.15. The van der Waals surface area contributed by atoms with E-state index in [1.807, 2.05) is 12.1 Å². The average Bonchev–Trinajstić information content (AvgIpc) is 2.48. The first-order valence-corrected chi connectivity index (χ1v) is 7.31. The minimum Gasteiger partial charge on any atom is -0.396 e. The first kappa shape index (κ1) is 15.5. The van der Waals surface area contributed by atoms with Crippen LogP contribution in [-0.4, -0.2) is 56.4 Å². The molecule has 1 aliphatic rings. The maximum absolute atomic E-state index is 11.1. The Morgan fingerprint density at radius 1 is 1.43 bits per heavy atom. The molecule has 1 aliphatic heterocycles. The van der Waals surface area contributed by atoms with Gasteiger partial charge in [0.05, 0.1) is 38.2 Å². The van der Waals surface area contributed by atoms with Gasteiger partial charge in [0.15, 0.2) is 0 Å². The van der Waals surface area contributed by atoms with Crippen LogP contribution in [0.3, 0.4) is 0 Å². The predicted octanol–water partition coefficient (Wildman–Crippen LogP) is -0.276. The summed E-state index contributed by atoms with van der Waals surface area (Å²) in [5.74, 6) is 0. The highest BCUT2D eigenvalue weighted by Crippen LogP contribution is 2.29. The zero-order chi connectivity index (χ0) is 15.2. The van der Waals surface area contributed by atoms with E-state index in [2.05, 4.69) is 17.3 Å². The molecule has 0 amide bonds. The molecule has 0 saturated carbocycles. The summed E-state index contributed by atoms with van der Waals surface area (Å²) in [4.78, 5) is 14.5. The molecule has 1 aromatic rings. The Morgan fingerprint density at radius 3 is 2.76 bits per heavy atom. The van der Waals surface area contributed by atoms with E-state index in [1.165, 1.54) is 4.90 Å². The van der Waals surface area contributed by atoms with Gasteiger partial charge in [-0.1, -0.05) is 0 Å². The van der Waals surface area contributed by atoms with Crippen molar-refractivity contribution in [3.05, 3.63) is 28.3 Å². The Hall–Kier alpha value is -1.86. The monoisotopic (exact) mass is 295 g/mol. The summed E-state index contributed by atoms with van der Waals surface area (Å²) in [5, 5.41) is 23.0. The number of hydrogen-bond acceptors (Lipinski definition) is 5. The summed E-state index contributed by atoms with van der Waals surface area (Å²) in [5.41, 5.74) is 1.62. The summed E-state index contributed by atoms with van der Waals surface area (Å²) in [6, 6.07) is 5.22. The fraction of sp³-hybridized carbons (Fsp3) is 0.571. The molecule has 0 atom stereocenters. The molecule has 7 heteroatoms. The number of quaternary nitrogens is 1. The van der Waals surface area contributed by atoms with E-state index in [4.69, 9.17) is 5.11 Å². The first-order chi connectivity index (χ1) is 10.1. The first-order valence-electron chi connectivity index (χ1n) is 7.31. The van der Waals surface area contributed by atoms with E-state index in [9.17, 15) is 10.1 Å². The maximum Gasteiger partial charge on any atom is 0.292 e. The van der Waals surface area contributed by atoms with Crippen molar-refractivity contribution in [1.82, 2.24) is 0 Å². The number of aliphatic hydroxyl groups is 1. The molecule has 0 unspecified atom stereocenters. The third kappa shape index (κ3) is 4.05. The number of piperazine rings is 1. The smallest absolute Gasteiger partial charge is 0.292 e. The van der Waals surface area contributed by atoms with Gasteiger partial charge in [-0.15, -0.1) is 0 Å². The van der Waals surface area contributed by atoms with E-state index in [0.29, 0.717) is 18.7 Å². The fourth-order valence-electron chi connectivity index (χ4n) is 2.47. The SMILES string of the molecule is C[NH+]1CCN(c2ccc([N+](=O)[O-])c(NCCCO)c2)CC1. The molecule has 116 valence electrons. The molecule has 0 aliphatic carbocycles. The van der Waals surface area contributed by atoms with Crippen LogP contribution < -0.4 is 15.1 Å². The lowest BCUT2D eigenvalue weighted by atomic mass is 10.2. The summed E-state index contributed by atoms with van der Waals surface area (Å²) in [6.45, 7) is 4.66. The largest absolute Gasteiger partial charge is 0.396 e. The second kappa shape index (κ2) is 7.24. The van der Waals surface area contributed by atoms with Crippen molar-refractivity contribution in [3.8, 4) is 0 Å². The van der Waals surface area contributed by atoms with Crippen molar-refractivity contribution in [2.24, 2.45) is 0 Å². The van der Waals surface area contributed by atoms with E-state index >= 15 is 0 Å². The lowest BCUT2D eigenvalue weighted by Crippen LogP contribution is -3.12. The molecule has 1 saturated heterocycles. The van der Waals surface area contributed by atoms with Gasteiger partial charge in [-0.2, -0.15) is 0 Å². The molecule has 1 fully saturated rings. The minimum atomic E-state index is -0.376. The predicted molar refractivity (Wildman–Crippen MR) is 82.1 cm³/mol. The van der Waals surface area contributed by atoms with Crippen LogP contribution in [0.25, 0.3) is 0 Å². The van der Waals surface area contributed by atoms with Gasteiger partial charge in [-0.05, 0) is 18.6 Å². The number of nitro groups is 1. The number of anilines is 2. The topological polar surface area (TPSA) is 83.1 Å². The summed E-state index contributed by atoms with van der Waals surface area (Å²) >= 11 is 0. The van der Waals surface area contributed by atoms with Gasteiger partial charge >= 0.3 is 0 Å². The summed E-state index contributed by atoms with van der Waals surface area (Å²) in [6.07, 6.45) is 0.569. The number of hydrogen-bond donors (Lipinski definition) is 3. The number of aliphatic hydroxyl groups excluding tert-OH is 1. The third-order valence-corrected chi connectivity index (χ3v) is 3.81. The molecule has 0 bridgehead atoms. The van der Waals surface area contributed by atoms with Gasteiger partial charge in [0.1, 0.15) is 5.69 Å². The molecular formula is C14H23N4O3+. The molecule has 3 N–H and O–H groups in total. The number of rotatable bonds is 6. The van der Waals surface area contributed by atoms with Gasteiger partial charge in [-0.25, -0.2) is 0 Å². The van der Waals surface area contributed by atoms with Crippen LogP contribution in [0.4, 0.5) is 17.1 Å². The van der Waals surface area contributed by atoms with Crippen LogP contribution in [0.15, 0.2) is 18.2 Å². The Labute approximate surface area is 124 Å². The zero-order valence-electron chi connectivity index (χ0n) is 12.3. The molecule has 7 nitrogen and oxygen atoms in total. The molecular weight excluding hydrogens is 272 g/mol. The Kier molecular flexibility index (Phi) is 5.35. The highest BCUT2D eigenvalue weighted by molar-refractivity contribution is 5.69. The molecule has 1 heterocycles. The van der Waals surface area contributed by atoms with Crippen LogP contribution in [0.5, 0.6) is 0 Å². The van der Waals surface area contributed by atoms with Crippen molar-refractivity contribution in [1.29, 1.82) is 0 Å². The molecule has 0 radical (unpaired) electrons. The van der Waals surface area contributed by atoms with Crippen molar-refractivity contribution in [3.63, 3.8) is 0 Å². The fourth-order valence-corrected chi connectivity index (χ4v) is 2.47. The normalized spacial score (nSPS) is 16.0. The Bertz CT molecular complexity index is 487. The standard InChI is InChI=1S/C14H22N4O3/c1-16-6-8-17(9-7-16)12-3-4-14(18(20)21)13(11-12)15-5-2-10-19/h3-4,11,15,19H,2,5-10H2,1H3/p+1. The maximum atomic E-state index is 11.1. The summed E-state index contributed by atoms with van der Waals surface area (Å²) in [7, 11) is 2.18. The van der Waals surface area contributed by atoms with Gasteiger partial charge in [0, 0.05) is 24.9 Å². The third-order valence-electron chi connectivity index (χ3n) is 3.81. The van der Waals surface area contributed by atoms with Crippen molar-refractivity contribution < 1.29 is 14.9 Å². The van der Waals surface area contributed by atoms with E-state index < -0.39 is 0 Å². The van der Waals surface area contributed by atoms with E-state index in [0.717, 1.165) is 31.9 Å². The highest BCUT2D eigenvalue weighted by atomic mass is 16.6. The van der Waals surface area contributed by atoms with Gasteiger partial charge in [0.25, 0.3) is 5.69 Å². The lowest BCUT2D eigenvalue weighted by Gasteiger charge is -2.31.